The van der Waals surface area contributed by atoms with E-state index in [4.69, 9.17) is 4.74 Å². The van der Waals surface area contributed by atoms with Gasteiger partial charge in [0.1, 0.15) is 11.6 Å². The van der Waals surface area contributed by atoms with Crippen LogP contribution in [-0.2, 0) is 4.74 Å². The molecule has 0 aromatic heterocycles. The molecular weight excluding hydrogens is 236 g/mol. The van der Waals surface area contributed by atoms with Gasteiger partial charge < -0.3 is 10.1 Å². The van der Waals surface area contributed by atoms with Gasteiger partial charge in [-0.3, -0.25) is 0 Å². The Labute approximate surface area is 106 Å². The highest BCUT2D eigenvalue weighted by Crippen LogP contribution is 2.36. The first kappa shape index (κ1) is 13.4. The summed E-state index contributed by atoms with van der Waals surface area (Å²) in [6.07, 6.45) is 1.43. The van der Waals surface area contributed by atoms with Crippen LogP contribution in [0.5, 0.6) is 0 Å². The molecule has 0 aliphatic carbocycles. The summed E-state index contributed by atoms with van der Waals surface area (Å²) < 4.78 is 33.0. The van der Waals surface area contributed by atoms with Gasteiger partial charge in [0, 0.05) is 19.1 Å². The van der Waals surface area contributed by atoms with Gasteiger partial charge in [-0.05, 0) is 31.5 Å². The first-order valence-electron chi connectivity index (χ1n) is 6.50. The molecule has 2 nitrogen and oxygen atoms in total. The zero-order chi connectivity index (χ0) is 13.0. The Kier molecular flexibility index (Phi) is 4.66. The molecule has 1 heterocycles. The molecule has 0 spiro atoms. The van der Waals surface area contributed by atoms with Crippen molar-refractivity contribution in [2.24, 2.45) is 5.92 Å². The molecule has 4 heteroatoms. The van der Waals surface area contributed by atoms with Crippen molar-refractivity contribution < 1.29 is 13.5 Å². The molecule has 0 radical (unpaired) electrons. The fourth-order valence-electron chi connectivity index (χ4n) is 2.41. The molecule has 1 aromatic carbocycles. The van der Waals surface area contributed by atoms with Gasteiger partial charge in [-0.1, -0.05) is 13.0 Å². The van der Waals surface area contributed by atoms with Crippen molar-refractivity contribution in [3.05, 3.63) is 35.4 Å². The third-order valence-corrected chi connectivity index (χ3v) is 3.33. The molecule has 1 aliphatic heterocycles. The van der Waals surface area contributed by atoms with E-state index in [0.717, 1.165) is 25.9 Å². The van der Waals surface area contributed by atoms with Crippen LogP contribution in [0.15, 0.2) is 18.2 Å². The van der Waals surface area contributed by atoms with E-state index in [9.17, 15) is 8.78 Å². The lowest BCUT2D eigenvalue weighted by Gasteiger charge is -2.20. The smallest absolute Gasteiger partial charge is 0.131 e. The molecule has 0 saturated carbocycles. The molecule has 1 fully saturated rings. The lowest BCUT2D eigenvalue weighted by atomic mass is 9.94. The van der Waals surface area contributed by atoms with Crippen LogP contribution in [0.2, 0.25) is 0 Å². The fraction of sp³-hybridized carbons (Fsp3) is 0.571. The molecule has 0 bridgehead atoms. The largest absolute Gasteiger partial charge is 0.373 e. The van der Waals surface area contributed by atoms with Crippen LogP contribution in [0.1, 0.15) is 31.4 Å². The lowest BCUT2D eigenvalue weighted by Crippen LogP contribution is -2.26. The number of benzene rings is 1. The normalized spacial score (nSPS) is 23.5. The van der Waals surface area contributed by atoms with Gasteiger partial charge in [0.15, 0.2) is 0 Å². The highest BCUT2D eigenvalue weighted by molar-refractivity contribution is 5.23. The van der Waals surface area contributed by atoms with Gasteiger partial charge in [-0.25, -0.2) is 8.78 Å². The molecular formula is C14H19F2NO. The number of nitrogens with one attached hydrogen (secondary N) is 1. The van der Waals surface area contributed by atoms with Gasteiger partial charge in [-0.15, -0.1) is 0 Å². The molecule has 2 atom stereocenters. The molecule has 100 valence electrons. The van der Waals surface area contributed by atoms with E-state index in [1.807, 2.05) is 0 Å². The summed E-state index contributed by atoms with van der Waals surface area (Å²) in [6, 6.07) is 3.96. The standard InChI is InChI=1S/C14H19F2NO/c1-2-7-17-9-10-6-8-18-14(10)13-11(15)4-3-5-12(13)16/h3-5,10,14,17H,2,6-9H2,1H3. The summed E-state index contributed by atoms with van der Waals surface area (Å²) >= 11 is 0. The fourth-order valence-corrected chi connectivity index (χ4v) is 2.41. The van der Waals surface area contributed by atoms with Crippen LogP contribution >= 0.6 is 0 Å². The Morgan fingerprint density at radius 1 is 1.33 bits per heavy atom. The van der Waals surface area contributed by atoms with Crippen LogP contribution in [0.25, 0.3) is 0 Å². The minimum Gasteiger partial charge on any atom is -0.373 e. The second-order valence-electron chi connectivity index (χ2n) is 4.68. The van der Waals surface area contributed by atoms with Crippen molar-refractivity contribution in [1.29, 1.82) is 0 Å². The molecule has 2 rings (SSSR count). The van der Waals surface area contributed by atoms with Crippen molar-refractivity contribution in [2.45, 2.75) is 25.9 Å². The highest BCUT2D eigenvalue weighted by atomic mass is 19.1. The first-order chi connectivity index (χ1) is 8.74. The minimum absolute atomic E-state index is 0.0818. The number of hydrogen-bond acceptors (Lipinski definition) is 2. The van der Waals surface area contributed by atoms with Gasteiger partial charge in [-0.2, -0.15) is 0 Å². The highest BCUT2D eigenvalue weighted by Gasteiger charge is 2.33. The molecule has 1 aromatic rings. The number of rotatable bonds is 5. The minimum atomic E-state index is -0.512. The van der Waals surface area contributed by atoms with E-state index in [1.165, 1.54) is 18.2 Å². The van der Waals surface area contributed by atoms with Gasteiger partial charge >= 0.3 is 0 Å². The maximum Gasteiger partial charge on any atom is 0.131 e. The average Bonchev–Trinajstić information content (AvgIpc) is 2.78. The van der Waals surface area contributed by atoms with E-state index in [2.05, 4.69) is 12.2 Å². The Bertz CT molecular complexity index is 377. The third-order valence-electron chi connectivity index (χ3n) is 3.33. The Hall–Kier alpha value is -1.00. The number of hydrogen-bond donors (Lipinski definition) is 1. The van der Waals surface area contributed by atoms with Crippen molar-refractivity contribution in [3.8, 4) is 0 Å². The monoisotopic (exact) mass is 255 g/mol. The molecule has 18 heavy (non-hydrogen) atoms. The Morgan fingerprint density at radius 2 is 2.06 bits per heavy atom. The summed E-state index contributed by atoms with van der Waals surface area (Å²) in [6.45, 7) is 4.32. The summed E-state index contributed by atoms with van der Waals surface area (Å²) in [7, 11) is 0. The zero-order valence-corrected chi connectivity index (χ0v) is 10.6. The van der Waals surface area contributed by atoms with E-state index >= 15 is 0 Å². The Morgan fingerprint density at radius 3 is 2.72 bits per heavy atom. The van der Waals surface area contributed by atoms with E-state index in [-0.39, 0.29) is 11.5 Å². The van der Waals surface area contributed by atoms with E-state index in [1.54, 1.807) is 0 Å². The van der Waals surface area contributed by atoms with Gasteiger partial charge in [0.2, 0.25) is 0 Å². The summed E-state index contributed by atoms with van der Waals surface area (Å²) in [5, 5.41) is 3.29. The predicted molar refractivity (Wildman–Crippen MR) is 66.3 cm³/mol. The van der Waals surface area contributed by atoms with Crippen molar-refractivity contribution in [2.75, 3.05) is 19.7 Å². The number of ether oxygens (including phenoxy) is 1. The second-order valence-corrected chi connectivity index (χ2v) is 4.68. The SMILES string of the molecule is CCCNCC1CCOC1c1c(F)cccc1F. The maximum absolute atomic E-state index is 13.7. The number of halogens is 2. The molecule has 1 aliphatic rings. The van der Waals surface area contributed by atoms with E-state index in [0.29, 0.717) is 6.61 Å². The van der Waals surface area contributed by atoms with Crippen LogP contribution in [0.3, 0.4) is 0 Å². The molecule has 1 saturated heterocycles. The van der Waals surface area contributed by atoms with Crippen LogP contribution in [0, 0.1) is 17.6 Å². The van der Waals surface area contributed by atoms with Crippen LogP contribution in [0.4, 0.5) is 8.78 Å². The zero-order valence-electron chi connectivity index (χ0n) is 10.6. The summed E-state index contributed by atoms with van der Waals surface area (Å²) in [5.74, 6) is -0.882. The molecule has 2 unspecified atom stereocenters. The third kappa shape index (κ3) is 2.87. The Balaban J connectivity index is 2.11. The quantitative estimate of drug-likeness (QED) is 0.816. The maximum atomic E-state index is 13.7. The molecule has 1 N–H and O–H groups in total. The first-order valence-corrected chi connectivity index (χ1v) is 6.50. The van der Waals surface area contributed by atoms with Crippen LogP contribution < -0.4 is 5.32 Å². The van der Waals surface area contributed by atoms with Gasteiger partial charge in [0.25, 0.3) is 0 Å². The van der Waals surface area contributed by atoms with Crippen molar-refractivity contribution in [1.82, 2.24) is 5.32 Å². The average molecular weight is 255 g/mol. The topological polar surface area (TPSA) is 21.3 Å². The summed E-state index contributed by atoms with van der Waals surface area (Å²) in [4.78, 5) is 0. The predicted octanol–water partition coefficient (Wildman–Crippen LogP) is 3.04. The van der Waals surface area contributed by atoms with E-state index < -0.39 is 17.7 Å². The van der Waals surface area contributed by atoms with Crippen molar-refractivity contribution in [3.63, 3.8) is 0 Å². The summed E-state index contributed by atoms with van der Waals surface area (Å²) in [5.41, 5.74) is 0.0818. The van der Waals surface area contributed by atoms with Crippen molar-refractivity contribution >= 4 is 0 Å². The van der Waals surface area contributed by atoms with Crippen LogP contribution in [-0.4, -0.2) is 19.7 Å². The lowest BCUT2D eigenvalue weighted by molar-refractivity contribution is 0.0842. The van der Waals surface area contributed by atoms with Gasteiger partial charge in [0.05, 0.1) is 11.7 Å². The second kappa shape index (κ2) is 6.25. The molecule has 0 amide bonds.